The van der Waals surface area contributed by atoms with Gasteiger partial charge in [-0.15, -0.1) is 11.3 Å². The number of sulfonamides is 2. The van der Waals surface area contributed by atoms with Gasteiger partial charge in [-0.1, -0.05) is 41.9 Å². The summed E-state index contributed by atoms with van der Waals surface area (Å²) < 4.78 is 50.8. The van der Waals surface area contributed by atoms with Gasteiger partial charge in [0, 0.05) is 13.9 Å². The number of nitrogens with zero attached hydrogens (tertiary/aromatic N) is 1. The average Bonchev–Trinajstić information content (AvgIpc) is 3.02. The summed E-state index contributed by atoms with van der Waals surface area (Å²) in [6.45, 7) is 0. The number of nitrogens with one attached hydrogen (secondary N) is 1. The highest BCUT2D eigenvalue weighted by Crippen LogP contribution is 2.37. The van der Waals surface area contributed by atoms with Gasteiger partial charge in [-0.25, -0.2) is 16.8 Å². The highest BCUT2D eigenvalue weighted by molar-refractivity contribution is 8.06. The van der Waals surface area contributed by atoms with Crippen molar-refractivity contribution in [2.24, 2.45) is 0 Å². The summed E-state index contributed by atoms with van der Waals surface area (Å²) in [6, 6.07) is 12.1. The molecule has 0 spiro atoms. The van der Waals surface area contributed by atoms with Crippen molar-refractivity contribution < 1.29 is 21.6 Å². The van der Waals surface area contributed by atoms with Crippen molar-refractivity contribution in [2.45, 2.75) is 9.79 Å². The first-order chi connectivity index (χ1) is 12.2. The van der Waals surface area contributed by atoms with Crippen LogP contribution in [0.25, 0.3) is 10.1 Å². The molecule has 1 aromatic heterocycles. The first kappa shape index (κ1) is 17.4. The third kappa shape index (κ3) is 2.37. The van der Waals surface area contributed by atoms with Crippen LogP contribution in [0.5, 0.6) is 0 Å². The Labute approximate surface area is 157 Å². The summed E-state index contributed by atoms with van der Waals surface area (Å²) in [5.41, 5.74) is 1.97. The zero-order valence-corrected chi connectivity index (χ0v) is 15.9. The number of hydrogen-bond acceptors (Lipinski definition) is 6. The number of thiophene rings is 1. The van der Waals surface area contributed by atoms with E-state index < -0.39 is 26.0 Å². The van der Waals surface area contributed by atoms with Gasteiger partial charge in [0.25, 0.3) is 26.0 Å². The molecule has 1 aliphatic heterocycles. The number of benzene rings is 2. The number of amides is 1. The summed E-state index contributed by atoms with van der Waals surface area (Å²) in [7, 11) is -8.85. The monoisotopic (exact) mass is 428 g/mol. The van der Waals surface area contributed by atoms with Crippen LogP contribution in [0.1, 0.15) is 9.67 Å². The predicted octanol–water partition coefficient (Wildman–Crippen LogP) is 2.59. The van der Waals surface area contributed by atoms with E-state index in [2.05, 4.69) is 0 Å². The van der Waals surface area contributed by atoms with E-state index in [1.807, 2.05) is 5.43 Å². The van der Waals surface area contributed by atoms with Gasteiger partial charge in [0.1, 0.15) is 14.7 Å². The molecule has 2 heterocycles. The number of rotatable bonds is 2. The molecule has 0 saturated heterocycles. The molecule has 0 unspecified atom stereocenters. The predicted molar refractivity (Wildman–Crippen MR) is 97.0 cm³/mol. The molecule has 1 N–H and O–H groups in total. The molecule has 0 radical (unpaired) electrons. The number of carbonyl (C=O) groups excluding carboxylic acids is 1. The van der Waals surface area contributed by atoms with Crippen LogP contribution < -0.4 is 5.43 Å². The molecule has 0 aliphatic carbocycles. The number of carbonyl (C=O) groups is 1. The quantitative estimate of drug-likeness (QED) is 0.676. The van der Waals surface area contributed by atoms with Crippen molar-refractivity contribution >= 4 is 59.0 Å². The van der Waals surface area contributed by atoms with E-state index in [4.69, 9.17) is 11.6 Å². The minimum absolute atomic E-state index is 0.00623. The topological polar surface area (TPSA) is 101 Å². The second kappa shape index (κ2) is 5.76. The fraction of sp³-hybridized carbons (Fsp3) is 0. The normalized spacial score (nSPS) is 17.9. The molecule has 7 nitrogen and oxygen atoms in total. The van der Waals surface area contributed by atoms with Crippen LogP contribution in [0.2, 0.25) is 5.02 Å². The molecule has 1 amide bonds. The van der Waals surface area contributed by atoms with E-state index in [1.54, 1.807) is 24.3 Å². The van der Waals surface area contributed by atoms with Crippen molar-refractivity contribution in [2.75, 3.05) is 0 Å². The smallest absolute Gasteiger partial charge is 0.267 e. The Morgan fingerprint density at radius 3 is 2.04 bits per heavy atom. The van der Waals surface area contributed by atoms with Crippen LogP contribution in [-0.2, 0) is 20.0 Å². The van der Waals surface area contributed by atoms with Crippen LogP contribution in [0.4, 0.5) is 0 Å². The zero-order valence-electron chi connectivity index (χ0n) is 12.7. The molecule has 3 aromatic rings. The number of hydrazine groups is 1. The van der Waals surface area contributed by atoms with Crippen LogP contribution >= 0.6 is 22.9 Å². The Morgan fingerprint density at radius 1 is 0.923 bits per heavy atom. The number of halogens is 1. The van der Waals surface area contributed by atoms with Gasteiger partial charge in [0.15, 0.2) is 0 Å². The van der Waals surface area contributed by atoms with Gasteiger partial charge in [-0.3, -0.25) is 10.2 Å². The largest absolute Gasteiger partial charge is 0.278 e. The molecule has 1 aliphatic rings. The van der Waals surface area contributed by atoms with Crippen molar-refractivity contribution in [3.05, 3.63) is 58.4 Å². The SMILES string of the molecule is O=C(NN1S(=O)(=O)c2ccccc2S1(=O)=O)c1sc2ccccc2c1Cl. The van der Waals surface area contributed by atoms with Crippen molar-refractivity contribution in [1.29, 1.82) is 0 Å². The lowest BCUT2D eigenvalue weighted by Crippen LogP contribution is -2.45. The van der Waals surface area contributed by atoms with E-state index in [-0.39, 0.29) is 23.5 Å². The van der Waals surface area contributed by atoms with E-state index in [0.29, 0.717) is 5.39 Å². The van der Waals surface area contributed by atoms with E-state index in [9.17, 15) is 21.6 Å². The Balaban J connectivity index is 1.78. The second-order valence-corrected chi connectivity index (χ2v) is 10.5. The van der Waals surface area contributed by atoms with Crippen molar-refractivity contribution in [3.8, 4) is 0 Å². The minimum atomic E-state index is -4.43. The fourth-order valence-corrected chi connectivity index (χ4v) is 8.06. The van der Waals surface area contributed by atoms with Gasteiger partial charge in [-0.05, 0) is 18.2 Å². The van der Waals surface area contributed by atoms with Crippen LogP contribution in [0.3, 0.4) is 0 Å². The van der Waals surface area contributed by atoms with E-state index in [0.717, 1.165) is 16.0 Å². The van der Waals surface area contributed by atoms with Crippen molar-refractivity contribution in [3.63, 3.8) is 0 Å². The maximum atomic E-state index is 12.6. The molecule has 2 aromatic carbocycles. The highest BCUT2D eigenvalue weighted by atomic mass is 35.5. The molecular formula is C15H9ClN2O5S3. The highest BCUT2D eigenvalue weighted by Gasteiger charge is 2.48. The molecule has 11 heteroatoms. The first-order valence-corrected chi connectivity index (χ1v) is 11.2. The lowest BCUT2D eigenvalue weighted by molar-refractivity contribution is 0.0920. The molecule has 134 valence electrons. The molecule has 4 rings (SSSR count). The van der Waals surface area contributed by atoms with E-state index >= 15 is 0 Å². The molecular weight excluding hydrogens is 420 g/mol. The maximum Gasteiger partial charge on any atom is 0.278 e. The zero-order chi connectivity index (χ0) is 18.7. The van der Waals surface area contributed by atoms with Crippen LogP contribution in [-0.4, -0.2) is 26.6 Å². The fourth-order valence-electron chi connectivity index (χ4n) is 2.60. The third-order valence-corrected chi connectivity index (χ3v) is 9.64. The molecule has 0 atom stereocenters. The van der Waals surface area contributed by atoms with Gasteiger partial charge in [0.05, 0.1) is 5.02 Å². The molecule has 0 bridgehead atoms. The number of fused-ring (bicyclic) bond motifs is 2. The number of hydrogen-bond donors (Lipinski definition) is 1. The summed E-state index contributed by atoms with van der Waals surface area (Å²) in [4.78, 5) is 11.8. The Kier molecular flexibility index (Phi) is 3.86. The third-order valence-electron chi connectivity index (χ3n) is 3.78. The summed E-state index contributed by atoms with van der Waals surface area (Å²) in [6.07, 6.45) is 0. The Bertz CT molecular complexity index is 1230. The van der Waals surface area contributed by atoms with Gasteiger partial charge >= 0.3 is 0 Å². The first-order valence-electron chi connectivity index (χ1n) is 7.12. The molecule has 0 fully saturated rings. The lowest BCUT2D eigenvalue weighted by Gasteiger charge is -2.14. The average molecular weight is 429 g/mol. The van der Waals surface area contributed by atoms with E-state index in [1.165, 1.54) is 24.3 Å². The Hall–Kier alpha value is -1.98. The van der Waals surface area contributed by atoms with Gasteiger partial charge in [-0.2, -0.15) is 0 Å². The Morgan fingerprint density at radius 2 is 1.46 bits per heavy atom. The van der Waals surface area contributed by atoms with Crippen LogP contribution in [0.15, 0.2) is 58.3 Å². The maximum absolute atomic E-state index is 12.6. The lowest BCUT2D eigenvalue weighted by atomic mass is 10.2. The molecule has 26 heavy (non-hydrogen) atoms. The second-order valence-electron chi connectivity index (χ2n) is 5.34. The molecule has 0 saturated carbocycles. The summed E-state index contributed by atoms with van der Waals surface area (Å²) in [5, 5.41) is 0.759. The van der Waals surface area contributed by atoms with Crippen molar-refractivity contribution in [1.82, 2.24) is 9.25 Å². The summed E-state index contributed by atoms with van der Waals surface area (Å²) in [5.74, 6) is -0.920. The standard InChI is InChI=1S/C15H9ClN2O5S3/c16-13-9-5-1-2-6-10(9)24-14(13)15(19)17-18-25(20,21)11-7-3-4-8-12(11)26(18,22)23/h1-8H,(H,17,19). The van der Waals surface area contributed by atoms with Gasteiger partial charge in [0.2, 0.25) is 0 Å². The van der Waals surface area contributed by atoms with Gasteiger partial charge < -0.3 is 0 Å². The minimum Gasteiger partial charge on any atom is -0.267 e. The summed E-state index contributed by atoms with van der Waals surface area (Å²) >= 11 is 7.24. The van der Waals surface area contributed by atoms with Crippen LogP contribution in [0, 0.1) is 0 Å².